The third-order valence-electron chi connectivity index (χ3n) is 4.98. The molecule has 30 heavy (non-hydrogen) atoms. The van der Waals surface area contributed by atoms with Crippen LogP contribution in [0.2, 0.25) is 0 Å². The van der Waals surface area contributed by atoms with Gasteiger partial charge in [-0.25, -0.2) is 4.79 Å². The highest BCUT2D eigenvalue weighted by Gasteiger charge is 2.27. The summed E-state index contributed by atoms with van der Waals surface area (Å²) in [6.07, 6.45) is 2.26. The van der Waals surface area contributed by atoms with E-state index in [-0.39, 0.29) is 11.9 Å². The van der Waals surface area contributed by atoms with E-state index in [0.717, 1.165) is 24.2 Å². The minimum atomic E-state index is -0.538. The van der Waals surface area contributed by atoms with Crippen LogP contribution < -0.4 is 10.1 Å². The molecule has 0 fully saturated rings. The summed E-state index contributed by atoms with van der Waals surface area (Å²) in [6.45, 7) is 10.8. The maximum Gasteiger partial charge on any atom is 0.338 e. The van der Waals surface area contributed by atoms with Crippen molar-refractivity contribution in [3.63, 3.8) is 0 Å². The normalized spacial score (nSPS) is 11.1. The molecule has 0 unspecified atom stereocenters. The molecule has 1 amide bonds. The van der Waals surface area contributed by atoms with Gasteiger partial charge in [-0.1, -0.05) is 32.9 Å². The third kappa shape index (κ3) is 6.90. The summed E-state index contributed by atoms with van der Waals surface area (Å²) in [4.78, 5) is 24.6. The summed E-state index contributed by atoms with van der Waals surface area (Å²) in [5.74, 6) is 0.490. The number of rotatable bonds is 10. The minimum Gasteiger partial charge on any atom is -0.493 e. The molecule has 5 nitrogen and oxygen atoms in total. The first-order chi connectivity index (χ1) is 14.2. The topological polar surface area (TPSA) is 64.6 Å². The average molecular weight is 412 g/mol. The van der Waals surface area contributed by atoms with Gasteiger partial charge in [0.1, 0.15) is 5.75 Å². The van der Waals surface area contributed by atoms with E-state index >= 15 is 0 Å². The second-order valence-electron chi connectivity index (χ2n) is 8.27. The van der Waals surface area contributed by atoms with Crippen molar-refractivity contribution >= 4 is 17.6 Å². The zero-order valence-electron chi connectivity index (χ0n) is 18.7. The number of amides is 1. The van der Waals surface area contributed by atoms with Crippen molar-refractivity contribution in [1.82, 2.24) is 0 Å². The van der Waals surface area contributed by atoms with Crippen LogP contribution in [0.25, 0.3) is 0 Å². The van der Waals surface area contributed by atoms with Crippen LogP contribution in [0.1, 0.15) is 61.5 Å². The molecule has 0 atom stereocenters. The van der Waals surface area contributed by atoms with Crippen LogP contribution in [-0.4, -0.2) is 25.1 Å². The number of esters is 1. The summed E-state index contributed by atoms with van der Waals surface area (Å²) in [5, 5.41) is 2.93. The average Bonchev–Trinajstić information content (AvgIpc) is 2.72. The predicted octanol–water partition coefficient (Wildman–Crippen LogP) is 5.69. The van der Waals surface area contributed by atoms with Gasteiger partial charge >= 0.3 is 5.97 Å². The van der Waals surface area contributed by atoms with Gasteiger partial charge in [0.15, 0.2) is 0 Å². The van der Waals surface area contributed by atoms with E-state index in [0.29, 0.717) is 30.9 Å². The Hall–Kier alpha value is -2.82. The van der Waals surface area contributed by atoms with Gasteiger partial charge in [0.2, 0.25) is 5.91 Å². The number of benzene rings is 2. The van der Waals surface area contributed by atoms with Crippen LogP contribution in [0, 0.1) is 19.3 Å². The van der Waals surface area contributed by atoms with Crippen LogP contribution in [0.15, 0.2) is 42.5 Å². The lowest BCUT2D eigenvalue weighted by atomic mass is 9.87. The van der Waals surface area contributed by atoms with Gasteiger partial charge in [0.05, 0.1) is 18.8 Å². The molecule has 2 aromatic rings. The zero-order valence-corrected chi connectivity index (χ0v) is 18.7. The lowest BCUT2D eigenvalue weighted by Crippen LogP contribution is -2.31. The van der Waals surface area contributed by atoms with Crippen LogP contribution in [0.3, 0.4) is 0 Å². The van der Waals surface area contributed by atoms with Gasteiger partial charge in [-0.3, -0.25) is 4.79 Å². The lowest BCUT2D eigenvalue weighted by Gasteiger charge is -2.23. The molecule has 0 aromatic heterocycles. The predicted molar refractivity (Wildman–Crippen MR) is 120 cm³/mol. The Bertz CT molecular complexity index is 856. The number of hydrogen-bond donors (Lipinski definition) is 1. The molecule has 5 heteroatoms. The largest absolute Gasteiger partial charge is 0.493 e. The van der Waals surface area contributed by atoms with Crippen molar-refractivity contribution in [3.05, 3.63) is 59.2 Å². The fourth-order valence-electron chi connectivity index (χ4n) is 2.94. The molecule has 0 aliphatic carbocycles. The number of nitrogens with one attached hydrogen (secondary N) is 1. The highest BCUT2D eigenvalue weighted by Crippen LogP contribution is 2.26. The Morgan fingerprint density at radius 2 is 1.70 bits per heavy atom. The molecule has 162 valence electrons. The standard InChI is InChI=1S/C25H33NO4/c1-6-15-30-23(27)20-10-12-21(13-11-20)26-24(28)25(4,5)14-7-16-29-22-17-18(2)8-9-19(22)3/h8-13,17H,6-7,14-16H2,1-5H3,(H,26,28). The van der Waals surface area contributed by atoms with Gasteiger partial charge in [-0.15, -0.1) is 0 Å². The van der Waals surface area contributed by atoms with Crippen LogP contribution in [0.4, 0.5) is 5.69 Å². The maximum atomic E-state index is 12.7. The molecule has 2 rings (SSSR count). The molecule has 0 bridgehead atoms. The third-order valence-corrected chi connectivity index (χ3v) is 4.98. The van der Waals surface area contributed by atoms with E-state index in [1.54, 1.807) is 24.3 Å². The van der Waals surface area contributed by atoms with E-state index in [1.165, 1.54) is 5.56 Å². The summed E-state index contributed by atoms with van der Waals surface area (Å²) < 4.78 is 11.0. The Balaban J connectivity index is 1.83. The molecule has 0 radical (unpaired) electrons. The number of ether oxygens (including phenoxy) is 2. The fraction of sp³-hybridized carbons (Fsp3) is 0.440. The molecule has 1 N–H and O–H groups in total. The van der Waals surface area contributed by atoms with Crippen molar-refractivity contribution in [3.8, 4) is 5.75 Å². The second kappa shape index (κ2) is 10.8. The number of carbonyl (C=O) groups is 2. The van der Waals surface area contributed by atoms with Crippen molar-refractivity contribution in [1.29, 1.82) is 0 Å². The highest BCUT2D eigenvalue weighted by atomic mass is 16.5. The number of carbonyl (C=O) groups excluding carboxylic acids is 2. The second-order valence-corrected chi connectivity index (χ2v) is 8.27. The molecule has 0 aliphatic heterocycles. The Morgan fingerprint density at radius 1 is 1.00 bits per heavy atom. The summed E-state index contributed by atoms with van der Waals surface area (Å²) in [6, 6.07) is 12.9. The Labute approximate surface area is 179 Å². The molecule has 0 saturated carbocycles. The van der Waals surface area contributed by atoms with Crippen molar-refractivity contribution < 1.29 is 19.1 Å². The fourth-order valence-corrected chi connectivity index (χ4v) is 2.94. The maximum absolute atomic E-state index is 12.7. The monoisotopic (exact) mass is 411 g/mol. The van der Waals surface area contributed by atoms with E-state index < -0.39 is 5.41 Å². The minimum absolute atomic E-state index is 0.0597. The van der Waals surface area contributed by atoms with E-state index in [9.17, 15) is 9.59 Å². The van der Waals surface area contributed by atoms with Gasteiger partial charge in [-0.05, 0) is 74.6 Å². The van der Waals surface area contributed by atoms with E-state index in [1.807, 2.05) is 40.7 Å². The van der Waals surface area contributed by atoms with Gasteiger partial charge in [-0.2, -0.15) is 0 Å². The summed E-state index contributed by atoms with van der Waals surface area (Å²) >= 11 is 0. The van der Waals surface area contributed by atoms with Gasteiger partial charge in [0, 0.05) is 11.1 Å². The van der Waals surface area contributed by atoms with Crippen molar-refractivity contribution in [2.24, 2.45) is 5.41 Å². The SMILES string of the molecule is CCCOC(=O)c1ccc(NC(=O)C(C)(C)CCCOc2cc(C)ccc2C)cc1. The molecule has 0 heterocycles. The summed E-state index contributed by atoms with van der Waals surface area (Å²) in [7, 11) is 0. The van der Waals surface area contributed by atoms with Crippen LogP contribution in [-0.2, 0) is 9.53 Å². The van der Waals surface area contributed by atoms with Crippen molar-refractivity contribution in [2.45, 2.75) is 53.9 Å². The van der Waals surface area contributed by atoms with Gasteiger partial charge in [0.25, 0.3) is 0 Å². The number of hydrogen-bond acceptors (Lipinski definition) is 4. The van der Waals surface area contributed by atoms with Crippen molar-refractivity contribution in [2.75, 3.05) is 18.5 Å². The smallest absolute Gasteiger partial charge is 0.338 e. The van der Waals surface area contributed by atoms with Crippen LogP contribution in [0.5, 0.6) is 5.75 Å². The molecule has 0 aliphatic rings. The summed E-state index contributed by atoms with van der Waals surface area (Å²) in [5.41, 5.74) is 2.87. The first-order valence-electron chi connectivity index (χ1n) is 10.5. The first kappa shape index (κ1) is 23.5. The quantitative estimate of drug-likeness (QED) is 0.403. The Morgan fingerprint density at radius 3 is 2.37 bits per heavy atom. The van der Waals surface area contributed by atoms with Crippen LogP contribution >= 0.6 is 0 Å². The zero-order chi connectivity index (χ0) is 22.1. The molecule has 0 saturated heterocycles. The number of aryl methyl sites for hydroxylation is 2. The van der Waals surface area contributed by atoms with E-state index in [2.05, 4.69) is 17.4 Å². The molecular formula is C25H33NO4. The molecule has 0 spiro atoms. The van der Waals surface area contributed by atoms with Gasteiger partial charge < -0.3 is 14.8 Å². The number of anilines is 1. The lowest BCUT2D eigenvalue weighted by molar-refractivity contribution is -0.124. The molecular weight excluding hydrogens is 378 g/mol. The Kier molecular flexibility index (Phi) is 8.46. The first-order valence-corrected chi connectivity index (χ1v) is 10.5. The van der Waals surface area contributed by atoms with E-state index in [4.69, 9.17) is 9.47 Å². The highest BCUT2D eigenvalue weighted by molar-refractivity contribution is 5.95. The molecule has 2 aromatic carbocycles.